The maximum atomic E-state index is 14.1. The van der Waals surface area contributed by atoms with Gasteiger partial charge in [-0.15, -0.1) is 11.6 Å². The molecule has 0 bridgehead atoms. The van der Waals surface area contributed by atoms with Gasteiger partial charge in [0.1, 0.15) is 17.4 Å². The molecular weight excluding hydrogens is 294 g/mol. The van der Waals surface area contributed by atoms with E-state index in [0.717, 1.165) is 6.42 Å². The lowest BCUT2D eigenvalue weighted by atomic mass is 10.0. The fraction of sp³-hybridized carbons (Fsp3) is 0.294. The Balaban J connectivity index is 1.83. The highest BCUT2D eigenvalue weighted by atomic mass is 35.5. The predicted molar refractivity (Wildman–Crippen MR) is 78.8 cm³/mol. The minimum absolute atomic E-state index is 0.0547. The van der Waals surface area contributed by atoms with Gasteiger partial charge in [0.25, 0.3) is 0 Å². The molecule has 3 rings (SSSR count). The van der Waals surface area contributed by atoms with Crippen molar-refractivity contribution in [1.82, 2.24) is 0 Å². The van der Waals surface area contributed by atoms with Crippen LogP contribution in [-0.4, -0.2) is 7.11 Å². The molecule has 1 saturated carbocycles. The standard InChI is InChI=1S/C17H15ClF2O/c1-21-11-7-14(19)16(15(20)8-11)17(18)13-9-12(13)10-5-3-2-4-6-10/h2-8,12-13,17H,9H2,1H3. The molecule has 0 heterocycles. The molecule has 4 heteroatoms. The first kappa shape index (κ1) is 14.3. The molecule has 1 nitrogen and oxygen atoms in total. The summed E-state index contributed by atoms with van der Waals surface area (Å²) in [7, 11) is 1.37. The van der Waals surface area contributed by atoms with Gasteiger partial charge in [0, 0.05) is 17.7 Å². The molecule has 3 unspecified atom stereocenters. The second-order valence-electron chi connectivity index (χ2n) is 5.32. The Bertz CT molecular complexity index is 621. The lowest BCUT2D eigenvalue weighted by molar-refractivity contribution is 0.404. The second kappa shape index (κ2) is 5.64. The summed E-state index contributed by atoms with van der Waals surface area (Å²) < 4.78 is 33.0. The highest BCUT2D eigenvalue weighted by Crippen LogP contribution is 2.57. The average molecular weight is 309 g/mol. The van der Waals surface area contributed by atoms with Crippen LogP contribution in [-0.2, 0) is 0 Å². The number of alkyl halides is 1. The highest BCUT2D eigenvalue weighted by molar-refractivity contribution is 6.21. The number of hydrogen-bond donors (Lipinski definition) is 0. The minimum atomic E-state index is -0.666. The van der Waals surface area contributed by atoms with E-state index in [-0.39, 0.29) is 23.1 Å². The third kappa shape index (κ3) is 2.75. The van der Waals surface area contributed by atoms with E-state index in [9.17, 15) is 8.78 Å². The van der Waals surface area contributed by atoms with Crippen LogP contribution in [0.4, 0.5) is 8.78 Å². The smallest absolute Gasteiger partial charge is 0.134 e. The van der Waals surface area contributed by atoms with Crippen LogP contribution in [0, 0.1) is 17.6 Å². The summed E-state index contributed by atoms with van der Waals surface area (Å²) in [5.74, 6) is -0.801. The Morgan fingerprint density at radius 3 is 2.33 bits per heavy atom. The molecule has 1 aliphatic rings. The largest absolute Gasteiger partial charge is 0.497 e. The molecular formula is C17H15ClF2O. The van der Waals surface area contributed by atoms with Gasteiger partial charge in [-0.2, -0.15) is 0 Å². The third-order valence-corrected chi connectivity index (χ3v) is 4.55. The molecule has 0 aromatic heterocycles. The van der Waals surface area contributed by atoms with Crippen LogP contribution in [0.2, 0.25) is 0 Å². The van der Waals surface area contributed by atoms with Gasteiger partial charge in [-0.1, -0.05) is 30.3 Å². The first-order valence-electron chi connectivity index (χ1n) is 6.83. The number of halogens is 3. The van der Waals surface area contributed by atoms with Gasteiger partial charge < -0.3 is 4.74 Å². The number of rotatable bonds is 4. The Labute approximate surface area is 127 Å². The van der Waals surface area contributed by atoms with E-state index in [1.807, 2.05) is 30.3 Å². The molecule has 0 N–H and O–H groups in total. The number of hydrogen-bond acceptors (Lipinski definition) is 1. The Kier molecular flexibility index (Phi) is 3.85. The topological polar surface area (TPSA) is 9.23 Å². The van der Waals surface area contributed by atoms with Crippen molar-refractivity contribution in [3.8, 4) is 5.75 Å². The van der Waals surface area contributed by atoms with Crippen molar-refractivity contribution in [3.05, 3.63) is 65.2 Å². The molecule has 0 aliphatic heterocycles. The zero-order chi connectivity index (χ0) is 15.0. The SMILES string of the molecule is COc1cc(F)c(C(Cl)C2CC2c2ccccc2)c(F)c1. The highest BCUT2D eigenvalue weighted by Gasteiger charge is 2.45. The average Bonchev–Trinajstić information content (AvgIpc) is 3.27. The van der Waals surface area contributed by atoms with Crippen LogP contribution in [0.1, 0.15) is 28.8 Å². The van der Waals surface area contributed by atoms with Gasteiger partial charge in [-0.25, -0.2) is 8.78 Å². The lowest BCUT2D eigenvalue weighted by Crippen LogP contribution is -2.03. The first-order chi connectivity index (χ1) is 10.1. The summed E-state index contributed by atoms with van der Waals surface area (Å²) in [6, 6.07) is 12.3. The normalized spacial score (nSPS) is 21.9. The monoisotopic (exact) mass is 308 g/mol. The molecule has 2 aromatic carbocycles. The van der Waals surface area contributed by atoms with Crippen molar-refractivity contribution < 1.29 is 13.5 Å². The summed E-state index contributed by atoms with van der Waals surface area (Å²) in [6.07, 6.45) is 0.850. The Morgan fingerprint density at radius 1 is 1.14 bits per heavy atom. The van der Waals surface area contributed by atoms with Gasteiger partial charge in [-0.3, -0.25) is 0 Å². The molecule has 1 aliphatic carbocycles. The summed E-state index contributed by atoms with van der Waals surface area (Å²) >= 11 is 6.33. The van der Waals surface area contributed by atoms with E-state index >= 15 is 0 Å². The number of benzene rings is 2. The van der Waals surface area contributed by atoms with Gasteiger partial charge in [0.15, 0.2) is 0 Å². The summed E-state index contributed by atoms with van der Waals surface area (Å²) in [5.41, 5.74) is 1.11. The van der Waals surface area contributed by atoms with Crippen molar-refractivity contribution in [2.45, 2.75) is 17.7 Å². The predicted octanol–water partition coefficient (Wildman–Crippen LogP) is 5.06. The van der Waals surface area contributed by atoms with E-state index in [4.69, 9.17) is 16.3 Å². The zero-order valence-electron chi connectivity index (χ0n) is 11.5. The van der Waals surface area contributed by atoms with Crippen molar-refractivity contribution in [1.29, 1.82) is 0 Å². The van der Waals surface area contributed by atoms with E-state index < -0.39 is 17.0 Å². The Hall–Kier alpha value is -1.61. The van der Waals surface area contributed by atoms with Crippen LogP contribution >= 0.6 is 11.6 Å². The first-order valence-corrected chi connectivity index (χ1v) is 7.27. The molecule has 0 amide bonds. The van der Waals surface area contributed by atoms with Crippen molar-refractivity contribution in [3.63, 3.8) is 0 Å². The van der Waals surface area contributed by atoms with Crippen molar-refractivity contribution in [2.24, 2.45) is 5.92 Å². The van der Waals surface area contributed by atoms with Gasteiger partial charge in [0.2, 0.25) is 0 Å². The zero-order valence-corrected chi connectivity index (χ0v) is 12.3. The van der Waals surface area contributed by atoms with Gasteiger partial charge in [0.05, 0.1) is 12.5 Å². The molecule has 0 saturated heterocycles. The molecule has 2 aromatic rings. The number of ether oxygens (including phenoxy) is 1. The van der Waals surface area contributed by atoms with Crippen LogP contribution in [0.25, 0.3) is 0 Å². The van der Waals surface area contributed by atoms with Gasteiger partial charge in [-0.05, 0) is 23.8 Å². The molecule has 0 spiro atoms. The van der Waals surface area contributed by atoms with E-state index in [1.54, 1.807) is 0 Å². The summed E-state index contributed by atoms with van der Waals surface area (Å²) in [6.45, 7) is 0. The fourth-order valence-corrected chi connectivity index (χ4v) is 3.26. The molecule has 21 heavy (non-hydrogen) atoms. The quantitative estimate of drug-likeness (QED) is 0.718. The number of methoxy groups -OCH3 is 1. The lowest BCUT2D eigenvalue weighted by Gasteiger charge is -2.13. The maximum absolute atomic E-state index is 14.1. The minimum Gasteiger partial charge on any atom is -0.497 e. The van der Waals surface area contributed by atoms with Crippen LogP contribution in [0.5, 0.6) is 5.75 Å². The van der Waals surface area contributed by atoms with E-state index in [1.165, 1.54) is 24.8 Å². The van der Waals surface area contributed by atoms with Crippen molar-refractivity contribution in [2.75, 3.05) is 7.11 Å². The maximum Gasteiger partial charge on any atom is 0.134 e. The van der Waals surface area contributed by atoms with E-state index in [0.29, 0.717) is 0 Å². The molecule has 1 fully saturated rings. The Morgan fingerprint density at radius 2 is 1.76 bits per heavy atom. The third-order valence-electron chi connectivity index (χ3n) is 4.01. The summed E-state index contributed by atoms with van der Waals surface area (Å²) in [4.78, 5) is 0. The van der Waals surface area contributed by atoms with Crippen LogP contribution in [0.15, 0.2) is 42.5 Å². The molecule has 3 atom stereocenters. The fourth-order valence-electron chi connectivity index (χ4n) is 2.78. The summed E-state index contributed by atoms with van der Waals surface area (Å²) in [5, 5.41) is -0.666. The molecule has 0 radical (unpaired) electrons. The van der Waals surface area contributed by atoms with Gasteiger partial charge >= 0.3 is 0 Å². The second-order valence-corrected chi connectivity index (χ2v) is 5.79. The van der Waals surface area contributed by atoms with Crippen LogP contribution < -0.4 is 4.74 Å². The van der Waals surface area contributed by atoms with Crippen molar-refractivity contribution >= 4 is 11.6 Å². The molecule has 110 valence electrons. The van der Waals surface area contributed by atoms with E-state index in [2.05, 4.69) is 0 Å². The van der Waals surface area contributed by atoms with Crippen LogP contribution in [0.3, 0.4) is 0 Å².